The largest absolute Gasteiger partial charge is 0.478 e. The topological polar surface area (TPSA) is 79.3 Å². The first-order valence-corrected chi connectivity index (χ1v) is 5.98. The molecule has 1 aromatic heterocycles. The zero-order valence-corrected chi connectivity index (χ0v) is 10.8. The van der Waals surface area contributed by atoms with Crippen molar-refractivity contribution in [3.05, 3.63) is 65.7 Å². The Morgan fingerprint density at radius 3 is 2.71 bits per heavy atom. The van der Waals surface area contributed by atoms with Crippen molar-refractivity contribution >= 4 is 23.6 Å². The number of aromatic carboxylic acids is 1. The van der Waals surface area contributed by atoms with Crippen molar-refractivity contribution < 1.29 is 19.1 Å². The van der Waals surface area contributed by atoms with Crippen molar-refractivity contribution in [2.24, 2.45) is 0 Å². The Labute approximate surface area is 119 Å². The fourth-order valence-electron chi connectivity index (χ4n) is 1.60. The molecule has 0 saturated heterocycles. The summed E-state index contributed by atoms with van der Waals surface area (Å²) in [6.45, 7) is 0. The van der Waals surface area contributed by atoms with Crippen LogP contribution >= 0.6 is 0 Å². The molecule has 0 aliphatic rings. The van der Waals surface area contributed by atoms with Gasteiger partial charge in [-0.25, -0.2) is 9.18 Å². The van der Waals surface area contributed by atoms with E-state index in [2.05, 4.69) is 10.3 Å². The monoisotopic (exact) mass is 286 g/mol. The molecule has 0 spiro atoms. The molecule has 1 aromatic carbocycles. The molecule has 2 rings (SSSR count). The Hall–Kier alpha value is -3.02. The third kappa shape index (κ3) is 3.97. The predicted molar refractivity (Wildman–Crippen MR) is 75.3 cm³/mol. The van der Waals surface area contributed by atoms with E-state index in [4.69, 9.17) is 5.11 Å². The van der Waals surface area contributed by atoms with Gasteiger partial charge in [0, 0.05) is 24.2 Å². The van der Waals surface area contributed by atoms with Crippen LogP contribution in [0.5, 0.6) is 0 Å². The van der Waals surface area contributed by atoms with Gasteiger partial charge in [-0.15, -0.1) is 0 Å². The van der Waals surface area contributed by atoms with E-state index in [9.17, 15) is 14.0 Å². The molecular formula is C15H11FN2O3. The summed E-state index contributed by atoms with van der Waals surface area (Å²) in [6.07, 6.45) is 6.04. The molecule has 5 nitrogen and oxygen atoms in total. The lowest BCUT2D eigenvalue weighted by Gasteiger charge is -2.04. The quantitative estimate of drug-likeness (QED) is 0.847. The lowest BCUT2D eigenvalue weighted by Crippen LogP contribution is -2.09. The summed E-state index contributed by atoms with van der Waals surface area (Å²) in [6, 6.07) is 6.88. The van der Waals surface area contributed by atoms with E-state index in [1.807, 2.05) is 0 Å². The van der Waals surface area contributed by atoms with Gasteiger partial charge in [0.05, 0.1) is 5.56 Å². The minimum absolute atomic E-state index is 0.179. The number of carbonyl (C=O) groups excluding carboxylic acids is 1. The second-order valence-electron chi connectivity index (χ2n) is 4.11. The van der Waals surface area contributed by atoms with Crippen molar-refractivity contribution in [2.45, 2.75) is 0 Å². The molecule has 0 saturated carbocycles. The maximum atomic E-state index is 13.4. The Bertz CT molecular complexity index is 699. The third-order valence-corrected chi connectivity index (χ3v) is 2.58. The van der Waals surface area contributed by atoms with Crippen molar-refractivity contribution in [1.29, 1.82) is 0 Å². The van der Waals surface area contributed by atoms with Crippen LogP contribution < -0.4 is 5.32 Å². The van der Waals surface area contributed by atoms with Gasteiger partial charge < -0.3 is 10.4 Å². The molecule has 0 atom stereocenters. The summed E-state index contributed by atoms with van der Waals surface area (Å²) in [5.41, 5.74) is 0.484. The van der Waals surface area contributed by atoms with E-state index in [1.165, 1.54) is 12.1 Å². The highest BCUT2D eigenvalue weighted by Gasteiger charge is 2.10. The molecule has 0 aliphatic carbocycles. The predicted octanol–water partition coefficient (Wildman–Crippen LogP) is 2.57. The zero-order valence-electron chi connectivity index (χ0n) is 10.8. The first-order valence-electron chi connectivity index (χ1n) is 5.98. The number of carboxylic acid groups (broad SMARTS) is 1. The van der Waals surface area contributed by atoms with E-state index in [-0.39, 0.29) is 5.69 Å². The number of nitrogens with zero attached hydrogens (tertiary/aromatic N) is 1. The van der Waals surface area contributed by atoms with Gasteiger partial charge in [-0.1, -0.05) is 6.07 Å². The maximum Gasteiger partial charge on any atom is 0.338 e. The Morgan fingerprint density at radius 1 is 1.29 bits per heavy atom. The molecule has 2 N–H and O–H groups in total. The van der Waals surface area contributed by atoms with Gasteiger partial charge in [-0.3, -0.25) is 9.78 Å². The van der Waals surface area contributed by atoms with Gasteiger partial charge in [0.1, 0.15) is 5.82 Å². The number of rotatable bonds is 4. The van der Waals surface area contributed by atoms with Crippen LogP contribution in [0, 0.1) is 5.82 Å². The summed E-state index contributed by atoms with van der Waals surface area (Å²) in [5.74, 6) is -2.72. The van der Waals surface area contributed by atoms with Crippen LogP contribution in [0.1, 0.15) is 15.9 Å². The fourth-order valence-corrected chi connectivity index (χ4v) is 1.60. The van der Waals surface area contributed by atoms with Gasteiger partial charge in [0.25, 0.3) is 0 Å². The maximum absolute atomic E-state index is 13.4. The van der Waals surface area contributed by atoms with Crippen LogP contribution in [-0.2, 0) is 4.79 Å². The molecule has 1 amide bonds. The minimum Gasteiger partial charge on any atom is -0.478 e. The molecular weight excluding hydrogens is 275 g/mol. The first kappa shape index (κ1) is 14.4. The Kier molecular flexibility index (Phi) is 4.40. The number of carbonyl (C=O) groups is 2. The van der Waals surface area contributed by atoms with E-state index in [0.717, 1.165) is 17.7 Å². The highest BCUT2D eigenvalue weighted by atomic mass is 19.1. The summed E-state index contributed by atoms with van der Waals surface area (Å²) in [7, 11) is 0. The van der Waals surface area contributed by atoms with E-state index in [0.29, 0.717) is 0 Å². The standard InChI is InChI=1S/C15H11FN2O3/c16-13-8-11(4-5-12(13)15(20)21)18-14(19)6-3-10-2-1-7-17-9-10/h1-9H,(H,18,19)(H,20,21)/b6-3+. The molecule has 2 aromatic rings. The molecule has 21 heavy (non-hydrogen) atoms. The molecule has 106 valence electrons. The first-order chi connectivity index (χ1) is 10.1. The number of hydrogen-bond acceptors (Lipinski definition) is 3. The summed E-state index contributed by atoms with van der Waals surface area (Å²) >= 11 is 0. The van der Waals surface area contributed by atoms with E-state index in [1.54, 1.807) is 30.6 Å². The summed E-state index contributed by atoms with van der Waals surface area (Å²) < 4.78 is 13.4. The lowest BCUT2D eigenvalue weighted by molar-refractivity contribution is -0.111. The van der Waals surface area contributed by atoms with Crippen molar-refractivity contribution in [3.8, 4) is 0 Å². The number of anilines is 1. The molecule has 0 fully saturated rings. The van der Waals surface area contributed by atoms with Crippen LogP contribution in [0.25, 0.3) is 6.08 Å². The van der Waals surface area contributed by atoms with Crippen LogP contribution in [0.15, 0.2) is 48.8 Å². The molecule has 6 heteroatoms. The number of carboxylic acids is 1. The average Bonchev–Trinajstić information content (AvgIpc) is 2.46. The summed E-state index contributed by atoms with van der Waals surface area (Å²) in [4.78, 5) is 26.2. The minimum atomic E-state index is -1.36. The van der Waals surface area contributed by atoms with Gasteiger partial charge >= 0.3 is 5.97 Å². The number of hydrogen-bond donors (Lipinski definition) is 2. The molecule has 0 bridgehead atoms. The van der Waals surface area contributed by atoms with E-state index < -0.39 is 23.3 Å². The van der Waals surface area contributed by atoms with Crippen molar-refractivity contribution in [3.63, 3.8) is 0 Å². The SMILES string of the molecule is O=C(/C=C/c1cccnc1)Nc1ccc(C(=O)O)c(F)c1. The number of benzene rings is 1. The fraction of sp³-hybridized carbons (Fsp3) is 0. The average molecular weight is 286 g/mol. The number of nitrogens with one attached hydrogen (secondary N) is 1. The third-order valence-electron chi connectivity index (χ3n) is 2.58. The van der Waals surface area contributed by atoms with Crippen LogP contribution in [0.2, 0.25) is 0 Å². The second kappa shape index (κ2) is 6.42. The van der Waals surface area contributed by atoms with Crippen LogP contribution in [0.3, 0.4) is 0 Å². The Balaban J connectivity index is 2.05. The normalized spacial score (nSPS) is 10.5. The van der Waals surface area contributed by atoms with E-state index >= 15 is 0 Å². The molecule has 0 aliphatic heterocycles. The van der Waals surface area contributed by atoms with Gasteiger partial charge in [-0.05, 0) is 35.9 Å². The highest BCUT2D eigenvalue weighted by Crippen LogP contribution is 2.14. The number of aromatic nitrogens is 1. The number of halogens is 1. The smallest absolute Gasteiger partial charge is 0.338 e. The summed E-state index contributed by atoms with van der Waals surface area (Å²) in [5, 5.41) is 11.1. The van der Waals surface area contributed by atoms with Gasteiger partial charge in [0.2, 0.25) is 5.91 Å². The molecule has 1 heterocycles. The number of pyridine rings is 1. The van der Waals surface area contributed by atoms with Gasteiger partial charge in [0.15, 0.2) is 0 Å². The molecule has 0 radical (unpaired) electrons. The van der Waals surface area contributed by atoms with Crippen molar-refractivity contribution in [1.82, 2.24) is 4.98 Å². The lowest BCUT2D eigenvalue weighted by atomic mass is 10.2. The van der Waals surface area contributed by atoms with Crippen molar-refractivity contribution in [2.75, 3.05) is 5.32 Å². The van der Waals surface area contributed by atoms with Gasteiger partial charge in [-0.2, -0.15) is 0 Å². The van der Waals surface area contributed by atoms with Crippen LogP contribution in [0.4, 0.5) is 10.1 Å². The zero-order chi connectivity index (χ0) is 15.2. The molecule has 0 unspecified atom stereocenters. The number of amides is 1. The highest BCUT2D eigenvalue weighted by molar-refractivity contribution is 6.02. The second-order valence-corrected chi connectivity index (χ2v) is 4.11. The van der Waals surface area contributed by atoms with Crippen LogP contribution in [-0.4, -0.2) is 22.0 Å². The Morgan fingerprint density at radius 2 is 2.10 bits per heavy atom.